The van der Waals surface area contributed by atoms with E-state index >= 15 is 0 Å². The molecule has 0 spiro atoms. The van der Waals surface area contributed by atoms with E-state index in [0.29, 0.717) is 19.1 Å². The minimum atomic E-state index is -0.961. The largest absolute Gasteiger partial charge is 0.476 e. The fraction of sp³-hybridized carbons (Fsp3) is 0.636. The van der Waals surface area contributed by atoms with Crippen molar-refractivity contribution in [2.45, 2.75) is 45.3 Å². The van der Waals surface area contributed by atoms with Crippen LogP contribution in [0.1, 0.15) is 42.4 Å². The molecule has 0 amide bonds. The van der Waals surface area contributed by atoms with Crippen molar-refractivity contribution < 1.29 is 9.90 Å². The van der Waals surface area contributed by atoms with E-state index in [4.69, 9.17) is 5.11 Å². The third-order valence-electron chi connectivity index (χ3n) is 3.06. The second kappa shape index (κ2) is 4.65. The number of hydrogen-bond donors (Lipinski definition) is 2. The van der Waals surface area contributed by atoms with Gasteiger partial charge in [-0.1, -0.05) is 6.42 Å². The average molecular weight is 223 g/mol. The zero-order valence-electron chi connectivity index (χ0n) is 9.44. The van der Waals surface area contributed by atoms with Crippen LogP contribution in [-0.4, -0.2) is 26.9 Å². The molecule has 5 heteroatoms. The van der Waals surface area contributed by atoms with Gasteiger partial charge < -0.3 is 10.4 Å². The van der Waals surface area contributed by atoms with Crippen LogP contribution in [0.3, 0.4) is 0 Å². The monoisotopic (exact) mass is 223 g/mol. The van der Waals surface area contributed by atoms with Crippen LogP contribution in [0.15, 0.2) is 6.07 Å². The number of carboxylic acids is 1. The lowest BCUT2D eigenvalue weighted by molar-refractivity contribution is 0.0689. The fourth-order valence-electron chi connectivity index (χ4n) is 1.84. The molecule has 1 aliphatic rings. The molecule has 0 aliphatic heterocycles. The highest BCUT2D eigenvalue weighted by molar-refractivity contribution is 5.85. The number of nitrogens with one attached hydrogen (secondary N) is 1. The van der Waals surface area contributed by atoms with Gasteiger partial charge in [-0.2, -0.15) is 5.10 Å². The summed E-state index contributed by atoms with van der Waals surface area (Å²) in [5.74, 6) is -0.961. The van der Waals surface area contributed by atoms with Gasteiger partial charge in [-0.05, 0) is 25.8 Å². The molecule has 0 bridgehead atoms. The molecule has 0 radical (unpaired) electrons. The molecule has 16 heavy (non-hydrogen) atoms. The molecule has 2 N–H and O–H groups in total. The highest BCUT2D eigenvalue weighted by Gasteiger charge is 2.18. The zero-order valence-corrected chi connectivity index (χ0v) is 9.44. The molecule has 5 nitrogen and oxygen atoms in total. The van der Waals surface area contributed by atoms with Gasteiger partial charge in [0.05, 0.1) is 5.69 Å². The van der Waals surface area contributed by atoms with Crippen molar-refractivity contribution in [1.82, 2.24) is 15.1 Å². The van der Waals surface area contributed by atoms with E-state index in [1.165, 1.54) is 19.3 Å². The molecule has 0 saturated heterocycles. The van der Waals surface area contributed by atoms with Gasteiger partial charge in [-0.25, -0.2) is 4.79 Å². The zero-order chi connectivity index (χ0) is 11.5. The summed E-state index contributed by atoms with van der Waals surface area (Å²) in [4.78, 5) is 10.8. The number of nitrogens with zero attached hydrogens (tertiary/aromatic N) is 2. The lowest BCUT2D eigenvalue weighted by Gasteiger charge is -2.26. The third-order valence-corrected chi connectivity index (χ3v) is 3.06. The van der Waals surface area contributed by atoms with Gasteiger partial charge in [0.15, 0.2) is 5.69 Å². The average Bonchev–Trinajstić information content (AvgIpc) is 2.59. The molecule has 1 aromatic rings. The topological polar surface area (TPSA) is 67.2 Å². The van der Waals surface area contributed by atoms with Crippen molar-refractivity contribution in [3.8, 4) is 0 Å². The molecular weight excluding hydrogens is 206 g/mol. The maximum atomic E-state index is 10.8. The predicted octanol–water partition coefficient (Wildman–Crippen LogP) is 1.24. The number of aromatic nitrogens is 2. The van der Waals surface area contributed by atoms with Crippen molar-refractivity contribution in [1.29, 1.82) is 0 Å². The quantitative estimate of drug-likeness (QED) is 0.788. The Morgan fingerprint density at radius 2 is 2.44 bits per heavy atom. The van der Waals surface area contributed by atoms with Crippen LogP contribution < -0.4 is 5.32 Å². The highest BCUT2D eigenvalue weighted by atomic mass is 16.4. The van der Waals surface area contributed by atoms with Gasteiger partial charge in [-0.15, -0.1) is 0 Å². The van der Waals surface area contributed by atoms with E-state index in [2.05, 4.69) is 10.4 Å². The number of aryl methyl sites for hydroxylation is 1. The molecule has 0 unspecified atom stereocenters. The lowest BCUT2D eigenvalue weighted by Crippen LogP contribution is -2.35. The van der Waals surface area contributed by atoms with Crippen LogP contribution in [0.25, 0.3) is 0 Å². The van der Waals surface area contributed by atoms with E-state index < -0.39 is 5.97 Å². The van der Waals surface area contributed by atoms with Gasteiger partial charge in [0, 0.05) is 19.1 Å². The summed E-state index contributed by atoms with van der Waals surface area (Å²) in [6, 6.07) is 2.26. The first kappa shape index (κ1) is 11.1. The Morgan fingerprint density at radius 3 is 2.94 bits per heavy atom. The lowest BCUT2D eigenvalue weighted by atomic mass is 9.93. The number of carboxylic acid groups (broad SMARTS) is 1. The van der Waals surface area contributed by atoms with Crippen LogP contribution in [0.4, 0.5) is 0 Å². The van der Waals surface area contributed by atoms with Crippen LogP contribution >= 0.6 is 0 Å². The van der Waals surface area contributed by atoms with Gasteiger partial charge in [0.1, 0.15) is 0 Å². The molecule has 88 valence electrons. The van der Waals surface area contributed by atoms with E-state index in [1.807, 2.05) is 6.92 Å². The second-order valence-corrected chi connectivity index (χ2v) is 4.15. The molecule has 1 fully saturated rings. The van der Waals surface area contributed by atoms with E-state index in [1.54, 1.807) is 10.7 Å². The molecule has 0 atom stereocenters. The summed E-state index contributed by atoms with van der Waals surface area (Å²) in [6.45, 7) is 3.37. The van der Waals surface area contributed by atoms with Crippen LogP contribution in [0.5, 0.6) is 0 Å². The van der Waals surface area contributed by atoms with E-state index in [-0.39, 0.29) is 5.69 Å². The number of rotatable bonds is 5. The predicted molar refractivity (Wildman–Crippen MR) is 59.3 cm³/mol. The standard InChI is InChI=1S/C11H17N3O2/c1-2-14-9(6-10(13-14)11(15)16)7-12-8-4-3-5-8/h6,8,12H,2-5,7H2,1H3,(H,15,16). The van der Waals surface area contributed by atoms with Gasteiger partial charge in [0.25, 0.3) is 0 Å². The molecule has 2 rings (SSSR count). The van der Waals surface area contributed by atoms with Crippen LogP contribution in [0.2, 0.25) is 0 Å². The van der Waals surface area contributed by atoms with E-state index in [0.717, 1.165) is 5.69 Å². The summed E-state index contributed by atoms with van der Waals surface area (Å²) in [5, 5.41) is 16.3. The molecular formula is C11H17N3O2. The van der Waals surface area contributed by atoms with Gasteiger partial charge >= 0.3 is 5.97 Å². The summed E-state index contributed by atoms with van der Waals surface area (Å²) < 4.78 is 1.75. The summed E-state index contributed by atoms with van der Waals surface area (Å²) >= 11 is 0. The van der Waals surface area contributed by atoms with E-state index in [9.17, 15) is 4.79 Å². The summed E-state index contributed by atoms with van der Waals surface area (Å²) in [5.41, 5.74) is 1.08. The summed E-state index contributed by atoms with van der Waals surface area (Å²) in [7, 11) is 0. The van der Waals surface area contributed by atoms with Crippen LogP contribution in [-0.2, 0) is 13.1 Å². The second-order valence-electron chi connectivity index (χ2n) is 4.15. The maximum Gasteiger partial charge on any atom is 0.356 e. The van der Waals surface area contributed by atoms with Crippen molar-refractivity contribution >= 4 is 5.97 Å². The number of aromatic carboxylic acids is 1. The highest BCUT2D eigenvalue weighted by Crippen LogP contribution is 2.18. The molecule has 1 heterocycles. The first-order valence-corrected chi connectivity index (χ1v) is 5.74. The molecule has 1 saturated carbocycles. The Kier molecular flexibility index (Phi) is 3.24. The minimum Gasteiger partial charge on any atom is -0.476 e. The minimum absolute atomic E-state index is 0.132. The molecule has 0 aromatic carbocycles. The smallest absolute Gasteiger partial charge is 0.356 e. The summed E-state index contributed by atoms with van der Waals surface area (Å²) in [6.07, 6.45) is 3.75. The third kappa shape index (κ3) is 2.24. The van der Waals surface area contributed by atoms with Gasteiger partial charge in [0.2, 0.25) is 0 Å². The first-order chi connectivity index (χ1) is 7.70. The fourth-order valence-corrected chi connectivity index (χ4v) is 1.84. The van der Waals surface area contributed by atoms with Crippen molar-refractivity contribution in [3.63, 3.8) is 0 Å². The number of carbonyl (C=O) groups is 1. The normalized spacial score (nSPS) is 16.1. The van der Waals surface area contributed by atoms with Crippen molar-refractivity contribution in [3.05, 3.63) is 17.5 Å². The van der Waals surface area contributed by atoms with Crippen molar-refractivity contribution in [2.24, 2.45) is 0 Å². The SMILES string of the molecule is CCn1nc(C(=O)O)cc1CNC1CCC1. The molecule has 1 aromatic heterocycles. The van der Waals surface area contributed by atoms with Gasteiger partial charge in [-0.3, -0.25) is 4.68 Å². The molecule has 1 aliphatic carbocycles. The Hall–Kier alpha value is -1.36. The number of hydrogen-bond acceptors (Lipinski definition) is 3. The Morgan fingerprint density at radius 1 is 1.69 bits per heavy atom. The first-order valence-electron chi connectivity index (χ1n) is 5.74. The van der Waals surface area contributed by atoms with Crippen molar-refractivity contribution in [2.75, 3.05) is 0 Å². The Labute approximate surface area is 94.5 Å². The maximum absolute atomic E-state index is 10.8. The Balaban J connectivity index is 2.02. The van der Waals surface area contributed by atoms with Crippen LogP contribution in [0, 0.1) is 0 Å². The Bertz CT molecular complexity index is 383.